The number of nitrogens with zero attached hydrogens (tertiary/aromatic N) is 2. The SMILES string of the molecule is CC(C)NC(=O)CNC(=O)c1cc(N2CCCC(CN3CCCCC3)C2)ccc1N. The fraction of sp³-hybridized carbons (Fsp3) is 0.652. The number of amides is 2. The lowest BCUT2D eigenvalue weighted by atomic mass is 9.95. The van der Waals surface area contributed by atoms with E-state index in [1.54, 1.807) is 6.07 Å². The van der Waals surface area contributed by atoms with Crippen molar-refractivity contribution in [2.24, 2.45) is 5.92 Å². The van der Waals surface area contributed by atoms with E-state index in [0.717, 1.165) is 18.8 Å². The molecule has 7 heteroatoms. The molecule has 2 saturated heterocycles. The van der Waals surface area contributed by atoms with Gasteiger partial charge in [-0.3, -0.25) is 9.59 Å². The monoisotopic (exact) mass is 415 g/mol. The van der Waals surface area contributed by atoms with E-state index in [-0.39, 0.29) is 24.4 Å². The Labute approximate surface area is 180 Å². The number of carbonyl (C=O) groups is 2. The number of rotatable bonds is 7. The van der Waals surface area contributed by atoms with E-state index < -0.39 is 0 Å². The summed E-state index contributed by atoms with van der Waals surface area (Å²) in [5, 5.41) is 5.45. The number of anilines is 2. The molecule has 0 spiro atoms. The molecular formula is C23H37N5O2. The van der Waals surface area contributed by atoms with Crippen molar-refractivity contribution in [2.45, 2.75) is 52.0 Å². The number of nitrogens with two attached hydrogens (primary N) is 1. The number of nitrogen functional groups attached to an aromatic ring is 1. The summed E-state index contributed by atoms with van der Waals surface area (Å²) >= 11 is 0. The maximum atomic E-state index is 12.6. The van der Waals surface area contributed by atoms with Crippen molar-refractivity contribution in [2.75, 3.05) is 49.9 Å². The highest BCUT2D eigenvalue weighted by atomic mass is 16.2. The van der Waals surface area contributed by atoms with Crippen LogP contribution in [-0.4, -0.2) is 62.0 Å². The van der Waals surface area contributed by atoms with Crippen molar-refractivity contribution < 1.29 is 9.59 Å². The third-order valence-corrected chi connectivity index (χ3v) is 5.99. The number of likely N-dealkylation sites (tertiary alicyclic amines) is 1. The molecule has 2 amide bonds. The summed E-state index contributed by atoms with van der Waals surface area (Å²) in [4.78, 5) is 29.4. The van der Waals surface area contributed by atoms with Crippen LogP contribution in [0, 0.1) is 5.92 Å². The summed E-state index contributed by atoms with van der Waals surface area (Å²) in [6.07, 6.45) is 6.44. The van der Waals surface area contributed by atoms with Gasteiger partial charge in [0, 0.05) is 37.1 Å². The van der Waals surface area contributed by atoms with E-state index >= 15 is 0 Å². The highest BCUT2D eigenvalue weighted by Gasteiger charge is 2.24. The van der Waals surface area contributed by atoms with Crippen LogP contribution in [-0.2, 0) is 4.79 Å². The minimum absolute atomic E-state index is 0.0415. The Morgan fingerprint density at radius 1 is 1.13 bits per heavy atom. The van der Waals surface area contributed by atoms with Crippen LogP contribution in [0.1, 0.15) is 56.3 Å². The van der Waals surface area contributed by atoms with Gasteiger partial charge in [0.1, 0.15) is 0 Å². The van der Waals surface area contributed by atoms with E-state index in [0.29, 0.717) is 17.2 Å². The Hall–Kier alpha value is -2.28. The summed E-state index contributed by atoms with van der Waals surface area (Å²) < 4.78 is 0. The largest absolute Gasteiger partial charge is 0.398 e. The zero-order valence-corrected chi connectivity index (χ0v) is 18.5. The lowest BCUT2D eigenvalue weighted by Gasteiger charge is -2.38. The van der Waals surface area contributed by atoms with Crippen LogP contribution in [0.2, 0.25) is 0 Å². The highest BCUT2D eigenvalue weighted by Crippen LogP contribution is 2.27. The lowest BCUT2D eigenvalue weighted by Crippen LogP contribution is -2.42. The second kappa shape index (κ2) is 10.7. The first-order valence-electron chi connectivity index (χ1n) is 11.4. The molecule has 1 atom stereocenters. The molecule has 1 aromatic rings. The van der Waals surface area contributed by atoms with Crippen LogP contribution in [0.15, 0.2) is 18.2 Å². The topological polar surface area (TPSA) is 90.7 Å². The zero-order valence-electron chi connectivity index (χ0n) is 18.5. The molecule has 0 aromatic heterocycles. The molecule has 1 aromatic carbocycles. The van der Waals surface area contributed by atoms with Gasteiger partial charge < -0.3 is 26.2 Å². The fourth-order valence-electron chi connectivity index (χ4n) is 4.52. The molecule has 30 heavy (non-hydrogen) atoms. The van der Waals surface area contributed by atoms with Gasteiger partial charge in [0.25, 0.3) is 5.91 Å². The molecule has 4 N–H and O–H groups in total. The molecule has 0 saturated carbocycles. The van der Waals surface area contributed by atoms with Crippen molar-refractivity contribution >= 4 is 23.2 Å². The number of hydrogen-bond acceptors (Lipinski definition) is 5. The van der Waals surface area contributed by atoms with Gasteiger partial charge in [0.05, 0.1) is 12.1 Å². The molecule has 3 rings (SSSR count). The maximum Gasteiger partial charge on any atom is 0.253 e. The van der Waals surface area contributed by atoms with Gasteiger partial charge in [-0.15, -0.1) is 0 Å². The number of piperidine rings is 2. The van der Waals surface area contributed by atoms with Gasteiger partial charge in [-0.25, -0.2) is 0 Å². The first kappa shape index (κ1) is 22.4. The van der Waals surface area contributed by atoms with Crippen LogP contribution >= 0.6 is 0 Å². The molecule has 1 unspecified atom stereocenters. The van der Waals surface area contributed by atoms with Gasteiger partial charge in [-0.1, -0.05) is 6.42 Å². The first-order chi connectivity index (χ1) is 14.4. The fourth-order valence-corrected chi connectivity index (χ4v) is 4.52. The minimum atomic E-state index is -0.310. The summed E-state index contributed by atoms with van der Waals surface area (Å²) in [6, 6.07) is 5.71. The molecule has 0 bridgehead atoms. The summed E-state index contributed by atoms with van der Waals surface area (Å²) in [7, 11) is 0. The predicted molar refractivity (Wildman–Crippen MR) is 122 cm³/mol. The molecule has 2 aliphatic heterocycles. The molecular weight excluding hydrogens is 378 g/mol. The van der Waals surface area contributed by atoms with E-state index in [1.165, 1.54) is 51.7 Å². The van der Waals surface area contributed by atoms with E-state index in [4.69, 9.17) is 5.73 Å². The lowest BCUT2D eigenvalue weighted by molar-refractivity contribution is -0.120. The number of carbonyl (C=O) groups excluding carboxylic acids is 2. The molecule has 0 aliphatic carbocycles. The second-order valence-corrected chi connectivity index (χ2v) is 8.99. The van der Waals surface area contributed by atoms with Crippen LogP contribution in [0.3, 0.4) is 0 Å². The van der Waals surface area contributed by atoms with Crippen molar-refractivity contribution in [3.8, 4) is 0 Å². The second-order valence-electron chi connectivity index (χ2n) is 8.99. The average molecular weight is 416 g/mol. The van der Waals surface area contributed by atoms with Gasteiger partial charge in [0.2, 0.25) is 5.91 Å². The molecule has 0 radical (unpaired) electrons. The Bertz CT molecular complexity index is 730. The molecule has 2 aliphatic rings. The molecule has 2 heterocycles. The minimum Gasteiger partial charge on any atom is -0.398 e. The van der Waals surface area contributed by atoms with E-state index in [2.05, 4.69) is 20.4 Å². The summed E-state index contributed by atoms with van der Waals surface area (Å²) in [5.74, 6) is 0.145. The summed E-state index contributed by atoms with van der Waals surface area (Å²) in [6.45, 7) is 9.36. The van der Waals surface area contributed by atoms with Gasteiger partial charge >= 0.3 is 0 Å². The van der Waals surface area contributed by atoms with Crippen molar-refractivity contribution in [3.63, 3.8) is 0 Å². The summed E-state index contributed by atoms with van der Waals surface area (Å²) in [5.41, 5.74) is 7.97. The maximum absolute atomic E-state index is 12.6. The Morgan fingerprint density at radius 2 is 1.90 bits per heavy atom. The molecule has 166 valence electrons. The third kappa shape index (κ3) is 6.36. The zero-order chi connectivity index (χ0) is 21.5. The van der Waals surface area contributed by atoms with Crippen molar-refractivity contribution in [1.82, 2.24) is 15.5 Å². The first-order valence-corrected chi connectivity index (χ1v) is 11.4. The van der Waals surface area contributed by atoms with Crippen LogP contribution < -0.4 is 21.3 Å². The van der Waals surface area contributed by atoms with Gasteiger partial charge in [-0.05, 0) is 76.7 Å². The smallest absolute Gasteiger partial charge is 0.253 e. The standard InChI is InChI=1S/C23H37N5O2/c1-17(2)26-22(29)14-25-23(30)20-13-19(8-9-21(20)24)28-12-6-7-18(16-28)15-27-10-4-3-5-11-27/h8-9,13,17-18H,3-7,10-12,14-16,24H2,1-2H3,(H,25,30)(H,26,29). The number of hydrogen-bond donors (Lipinski definition) is 3. The van der Waals surface area contributed by atoms with E-state index in [9.17, 15) is 9.59 Å². The average Bonchev–Trinajstić information content (AvgIpc) is 2.73. The predicted octanol–water partition coefficient (Wildman–Crippen LogP) is 2.23. The normalized spacial score (nSPS) is 20.2. The van der Waals surface area contributed by atoms with Crippen LogP contribution in [0.25, 0.3) is 0 Å². The van der Waals surface area contributed by atoms with Crippen LogP contribution in [0.5, 0.6) is 0 Å². The van der Waals surface area contributed by atoms with Gasteiger partial charge in [0.15, 0.2) is 0 Å². The van der Waals surface area contributed by atoms with E-state index in [1.807, 2.05) is 26.0 Å². The quantitative estimate of drug-likeness (QED) is 0.594. The van der Waals surface area contributed by atoms with Crippen molar-refractivity contribution in [3.05, 3.63) is 23.8 Å². The Balaban J connectivity index is 1.60. The van der Waals surface area contributed by atoms with Crippen molar-refractivity contribution in [1.29, 1.82) is 0 Å². The number of benzene rings is 1. The molecule has 7 nitrogen and oxygen atoms in total. The third-order valence-electron chi connectivity index (χ3n) is 5.99. The van der Waals surface area contributed by atoms with Gasteiger partial charge in [-0.2, -0.15) is 0 Å². The Kier molecular flexibility index (Phi) is 7.96. The highest BCUT2D eigenvalue weighted by molar-refractivity contribution is 6.01. The molecule has 2 fully saturated rings. The number of nitrogens with one attached hydrogen (secondary N) is 2. The Morgan fingerprint density at radius 3 is 2.63 bits per heavy atom. The van der Waals surface area contributed by atoms with Crippen LogP contribution in [0.4, 0.5) is 11.4 Å².